The lowest BCUT2D eigenvalue weighted by atomic mass is 9.91. The zero-order chi connectivity index (χ0) is 12.0. The molecule has 0 bridgehead atoms. The van der Waals surface area contributed by atoms with Gasteiger partial charge in [0.1, 0.15) is 5.54 Å². The summed E-state index contributed by atoms with van der Waals surface area (Å²) in [6, 6.07) is 3.11. The van der Waals surface area contributed by atoms with Gasteiger partial charge in [-0.15, -0.1) is 0 Å². The molecule has 1 atom stereocenters. The van der Waals surface area contributed by atoms with Crippen LogP contribution in [0.1, 0.15) is 46.0 Å². The molecule has 3 heteroatoms. The van der Waals surface area contributed by atoms with Crippen LogP contribution in [-0.2, 0) is 0 Å². The molecule has 92 valence electrons. The molecule has 1 N–H and O–H groups in total. The van der Waals surface area contributed by atoms with Gasteiger partial charge in [0.25, 0.3) is 0 Å². The summed E-state index contributed by atoms with van der Waals surface area (Å²) in [6.07, 6.45) is 5.48. The molecule has 1 fully saturated rings. The van der Waals surface area contributed by atoms with Crippen molar-refractivity contribution in [2.24, 2.45) is 0 Å². The van der Waals surface area contributed by atoms with Gasteiger partial charge < -0.3 is 4.90 Å². The summed E-state index contributed by atoms with van der Waals surface area (Å²) in [5.41, 5.74) is -0.268. The molecule has 1 rings (SSSR count). The Kier molecular flexibility index (Phi) is 5.24. The fourth-order valence-corrected chi connectivity index (χ4v) is 1.95. The van der Waals surface area contributed by atoms with Gasteiger partial charge in [0, 0.05) is 6.04 Å². The van der Waals surface area contributed by atoms with Gasteiger partial charge in [0.2, 0.25) is 0 Å². The molecule has 0 aliphatic heterocycles. The van der Waals surface area contributed by atoms with E-state index in [4.69, 9.17) is 0 Å². The van der Waals surface area contributed by atoms with E-state index in [9.17, 15) is 5.26 Å². The minimum Gasteiger partial charge on any atom is -0.307 e. The summed E-state index contributed by atoms with van der Waals surface area (Å²) < 4.78 is 0. The van der Waals surface area contributed by atoms with Gasteiger partial charge in [-0.25, -0.2) is 0 Å². The molecular weight excluding hydrogens is 198 g/mol. The molecule has 1 aliphatic rings. The third-order valence-electron chi connectivity index (χ3n) is 3.56. The van der Waals surface area contributed by atoms with E-state index >= 15 is 0 Å². The van der Waals surface area contributed by atoms with E-state index < -0.39 is 0 Å². The van der Waals surface area contributed by atoms with Gasteiger partial charge in [-0.3, -0.25) is 5.32 Å². The lowest BCUT2D eigenvalue weighted by Gasteiger charge is -2.27. The number of nitriles is 1. The van der Waals surface area contributed by atoms with E-state index in [0.29, 0.717) is 6.04 Å². The highest BCUT2D eigenvalue weighted by molar-refractivity contribution is 5.09. The molecule has 1 saturated carbocycles. The van der Waals surface area contributed by atoms with Crippen molar-refractivity contribution in [2.75, 3.05) is 20.1 Å². The second kappa shape index (κ2) is 6.22. The highest BCUT2D eigenvalue weighted by Crippen LogP contribution is 2.26. The van der Waals surface area contributed by atoms with Crippen LogP contribution in [0.4, 0.5) is 0 Å². The molecule has 3 nitrogen and oxygen atoms in total. The van der Waals surface area contributed by atoms with Gasteiger partial charge in [0.15, 0.2) is 0 Å². The highest BCUT2D eigenvalue weighted by Gasteiger charge is 2.34. The Morgan fingerprint density at radius 1 is 1.44 bits per heavy atom. The average molecular weight is 223 g/mol. The maximum Gasteiger partial charge on any atom is 0.106 e. The van der Waals surface area contributed by atoms with Crippen molar-refractivity contribution in [3.05, 3.63) is 0 Å². The Labute approximate surface area is 99.8 Å². The first-order chi connectivity index (χ1) is 7.65. The quantitative estimate of drug-likeness (QED) is 0.685. The number of rotatable bonds is 8. The van der Waals surface area contributed by atoms with Crippen LogP contribution in [0.5, 0.6) is 0 Å². The third-order valence-corrected chi connectivity index (χ3v) is 3.56. The molecule has 0 saturated heterocycles. The molecule has 1 aliphatic carbocycles. The van der Waals surface area contributed by atoms with Crippen LogP contribution in [0, 0.1) is 11.3 Å². The minimum absolute atomic E-state index is 0.268. The van der Waals surface area contributed by atoms with Crippen molar-refractivity contribution >= 4 is 0 Å². The normalized spacial score (nSPS) is 19.4. The Bertz CT molecular complexity index is 242. The van der Waals surface area contributed by atoms with Crippen molar-refractivity contribution in [1.29, 1.82) is 5.26 Å². The zero-order valence-corrected chi connectivity index (χ0v) is 10.9. The molecule has 0 amide bonds. The predicted octanol–water partition coefficient (Wildman–Crippen LogP) is 2.14. The number of hydrogen-bond donors (Lipinski definition) is 1. The smallest absolute Gasteiger partial charge is 0.106 e. The van der Waals surface area contributed by atoms with Gasteiger partial charge in [-0.05, 0) is 52.2 Å². The van der Waals surface area contributed by atoms with Crippen LogP contribution < -0.4 is 5.32 Å². The minimum atomic E-state index is -0.268. The maximum atomic E-state index is 9.35. The summed E-state index contributed by atoms with van der Waals surface area (Å²) in [5.74, 6) is 0. The lowest BCUT2D eigenvalue weighted by molar-refractivity contribution is 0.302. The molecule has 16 heavy (non-hydrogen) atoms. The third kappa shape index (κ3) is 4.11. The predicted molar refractivity (Wildman–Crippen MR) is 67.2 cm³/mol. The van der Waals surface area contributed by atoms with Gasteiger partial charge in [0.05, 0.1) is 6.07 Å². The second-order valence-corrected chi connectivity index (χ2v) is 4.97. The average Bonchev–Trinajstić information content (AvgIpc) is 3.11. The van der Waals surface area contributed by atoms with E-state index in [-0.39, 0.29) is 5.54 Å². The standard InChI is InChI=1S/C13H25N3/c1-4-13(11-14,15-12-7-8-12)9-6-10-16(3)5-2/h12,15H,4-10H2,1-3H3. The van der Waals surface area contributed by atoms with Crippen LogP contribution in [-0.4, -0.2) is 36.6 Å². The lowest BCUT2D eigenvalue weighted by Crippen LogP contribution is -2.45. The SMILES string of the molecule is CCN(C)CCCC(C#N)(CC)NC1CC1. The van der Waals surface area contributed by atoms with E-state index in [1.54, 1.807) is 0 Å². The number of nitrogens with one attached hydrogen (secondary N) is 1. The first-order valence-corrected chi connectivity index (χ1v) is 6.53. The Morgan fingerprint density at radius 3 is 2.56 bits per heavy atom. The fourth-order valence-electron chi connectivity index (χ4n) is 1.95. The fraction of sp³-hybridized carbons (Fsp3) is 0.923. The number of nitrogens with zero attached hydrogens (tertiary/aromatic N) is 2. The van der Waals surface area contributed by atoms with E-state index in [1.165, 1.54) is 12.8 Å². The van der Waals surface area contributed by atoms with Crippen molar-refractivity contribution in [1.82, 2.24) is 10.2 Å². The van der Waals surface area contributed by atoms with Crippen LogP contribution in [0.2, 0.25) is 0 Å². The summed E-state index contributed by atoms with van der Waals surface area (Å²) in [5, 5.41) is 12.9. The Morgan fingerprint density at radius 2 is 2.12 bits per heavy atom. The summed E-state index contributed by atoms with van der Waals surface area (Å²) in [4.78, 5) is 2.30. The molecule has 0 aromatic rings. The maximum absolute atomic E-state index is 9.35. The van der Waals surface area contributed by atoms with E-state index in [1.807, 2.05) is 0 Å². The molecule has 0 heterocycles. The molecule has 0 aromatic carbocycles. The van der Waals surface area contributed by atoms with Crippen molar-refractivity contribution in [2.45, 2.75) is 57.5 Å². The van der Waals surface area contributed by atoms with Gasteiger partial charge >= 0.3 is 0 Å². The van der Waals surface area contributed by atoms with Crippen LogP contribution >= 0.6 is 0 Å². The molecule has 0 spiro atoms. The summed E-state index contributed by atoms with van der Waals surface area (Å²) in [6.45, 7) is 6.45. The Hall–Kier alpha value is -0.590. The van der Waals surface area contributed by atoms with Crippen LogP contribution in [0.25, 0.3) is 0 Å². The topological polar surface area (TPSA) is 39.1 Å². The second-order valence-electron chi connectivity index (χ2n) is 4.97. The summed E-state index contributed by atoms with van der Waals surface area (Å²) in [7, 11) is 2.13. The van der Waals surface area contributed by atoms with Gasteiger partial charge in [-0.1, -0.05) is 13.8 Å². The largest absolute Gasteiger partial charge is 0.307 e. The van der Waals surface area contributed by atoms with Crippen molar-refractivity contribution in [3.8, 4) is 6.07 Å². The molecule has 1 unspecified atom stereocenters. The first-order valence-electron chi connectivity index (χ1n) is 6.53. The number of hydrogen-bond acceptors (Lipinski definition) is 3. The first kappa shape index (κ1) is 13.5. The van der Waals surface area contributed by atoms with E-state index in [2.05, 4.69) is 37.2 Å². The Balaban J connectivity index is 2.34. The monoisotopic (exact) mass is 223 g/mol. The summed E-state index contributed by atoms with van der Waals surface area (Å²) >= 11 is 0. The molecule has 0 aromatic heterocycles. The van der Waals surface area contributed by atoms with Crippen LogP contribution in [0.15, 0.2) is 0 Å². The zero-order valence-electron chi connectivity index (χ0n) is 10.9. The van der Waals surface area contributed by atoms with Crippen molar-refractivity contribution < 1.29 is 0 Å². The molecular formula is C13H25N3. The van der Waals surface area contributed by atoms with Crippen molar-refractivity contribution in [3.63, 3.8) is 0 Å². The highest BCUT2D eigenvalue weighted by atomic mass is 15.1. The van der Waals surface area contributed by atoms with Crippen LogP contribution in [0.3, 0.4) is 0 Å². The van der Waals surface area contributed by atoms with Gasteiger partial charge in [-0.2, -0.15) is 5.26 Å². The van der Waals surface area contributed by atoms with E-state index in [0.717, 1.165) is 32.4 Å². The molecule has 0 radical (unpaired) electrons.